The number of nitrogens with zero attached hydrogens (tertiary/aromatic N) is 3. The van der Waals surface area contributed by atoms with Gasteiger partial charge in [-0.15, -0.1) is 0 Å². The number of aromatic nitrogens is 2. The zero-order chi connectivity index (χ0) is 16.7. The molecule has 2 aliphatic rings. The van der Waals surface area contributed by atoms with E-state index < -0.39 is 6.55 Å². The van der Waals surface area contributed by atoms with Crippen molar-refractivity contribution in [2.75, 3.05) is 25.1 Å². The van der Waals surface area contributed by atoms with Gasteiger partial charge in [0.15, 0.2) is 0 Å². The minimum atomic E-state index is -2.68. The van der Waals surface area contributed by atoms with E-state index in [1.807, 2.05) is 4.90 Å². The molecule has 1 aliphatic carbocycles. The van der Waals surface area contributed by atoms with Crippen molar-refractivity contribution in [3.63, 3.8) is 0 Å². The zero-order valence-electron chi connectivity index (χ0n) is 13.0. The summed E-state index contributed by atoms with van der Waals surface area (Å²) in [4.78, 5) is 14.4. The number of carbonyl (C=O) groups excluding carboxylic acids is 1. The summed E-state index contributed by atoms with van der Waals surface area (Å²) < 4.78 is 31.8. The number of urea groups is 1. The van der Waals surface area contributed by atoms with Crippen LogP contribution >= 0.6 is 0 Å². The van der Waals surface area contributed by atoms with Gasteiger partial charge in [-0.2, -0.15) is 13.9 Å². The summed E-state index contributed by atoms with van der Waals surface area (Å²) in [6.07, 6.45) is 3.64. The van der Waals surface area contributed by atoms with E-state index in [1.54, 1.807) is 18.2 Å². The molecule has 1 saturated heterocycles. The topological polar surface area (TPSA) is 59.4 Å². The Kier molecular flexibility index (Phi) is 3.84. The maximum Gasteiger partial charge on any atom is 0.333 e. The molecule has 0 radical (unpaired) electrons. The maximum absolute atomic E-state index is 12.8. The van der Waals surface area contributed by atoms with Crippen molar-refractivity contribution < 1.29 is 18.3 Å². The number of rotatable bonds is 3. The third kappa shape index (κ3) is 2.82. The molecule has 0 unspecified atom stereocenters. The molecule has 1 atom stereocenters. The highest BCUT2D eigenvalue weighted by molar-refractivity contribution is 5.93. The second-order valence-corrected chi connectivity index (χ2v) is 6.24. The molecule has 24 heavy (non-hydrogen) atoms. The minimum absolute atomic E-state index is 0.129. The molecule has 8 heteroatoms. The second kappa shape index (κ2) is 6.01. The van der Waals surface area contributed by atoms with Crippen LogP contribution in [0.5, 0.6) is 0 Å². The molecule has 1 aromatic heterocycles. The number of benzene rings is 1. The zero-order valence-corrected chi connectivity index (χ0v) is 13.0. The summed E-state index contributed by atoms with van der Waals surface area (Å²) in [6, 6.07) is 4.78. The molecule has 1 aliphatic heterocycles. The van der Waals surface area contributed by atoms with Crippen molar-refractivity contribution in [2.24, 2.45) is 5.92 Å². The SMILES string of the molecule is O=C(Nc1ccc2c(cnn2C(F)F)c1)N1CCOC[C@H]1C1CC1. The Balaban J connectivity index is 1.51. The summed E-state index contributed by atoms with van der Waals surface area (Å²) in [5.41, 5.74) is 0.910. The van der Waals surface area contributed by atoms with E-state index in [2.05, 4.69) is 10.4 Å². The molecule has 2 amide bonds. The van der Waals surface area contributed by atoms with Crippen molar-refractivity contribution in [1.29, 1.82) is 0 Å². The van der Waals surface area contributed by atoms with Gasteiger partial charge in [-0.3, -0.25) is 0 Å². The Morgan fingerprint density at radius 2 is 2.21 bits per heavy atom. The highest BCUT2D eigenvalue weighted by Gasteiger charge is 2.39. The van der Waals surface area contributed by atoms with Gasteiger partial charge in [0.25, 0.3) is 0 Å². The fourth-order valence-corrected chi connectivity index (χ4v) is 3.23. The fourth-order valence-electron chi connectivity index (χ4n) is 3.23. The van der Waals surface area contributed by atoms with Crippen molar-refractivity contribution in [3.05, 3.63) is 24.4 Å². The second-order valence-electron chi connectivity index (χ2n) is 6.24. The van der Waals surface area contributed by atoms with Gasteiger partial charge < -0.3 is 15.0 Å². The lowest BCUT2D eigenvalue weighted by Gasteiger charge is -2.35. The van der Waals surface area contributed by atoms with Crippen molar-refractivity contribution in [1.82, 2.24) is 14.7 Å². The first-order chi connectivity index (χ1) is 11.6. The van der Waals surface area contributed by atoms with Crippen LogP contribution in [0.4, 0.5) is 19.3 Å². The molecule has 1 saturated carbocycles. The number of nitrogens with one attached hydrogen (secondary N) is 1. The van der Waals surface area contributed by atoms with Crippen LogP contribution in [-0.4, -0.2) is 46.5 Å². The number of anilines is 1. The average Bonchev–Trinajstić information content (AvgIpc) is 3.34. The standard InChI is InChI=1S/C16H18F2N4O2/c17-15(18)22-13-4-3-12(7-11(13)8-19-22)20-16(23)21-5-6-24-9-14(21)10-1-2-10/h3-4,7-8,10,14-15H,1-2,5-6,9H2,(H,20,23)/t14-/m0/s1. The Morgan fingerprint density at radius 1 is 1.38 bits per heavy atom. The lowest BCUT2D eigenvalue weighted by atomic mass is 10.1. The predicted octanol–water partition coefficient (Wildman–Crippen LogP) is 3.07. The summed E-state index contributed by atoms with van der Waals surface area (Å²) in [5.74, 6) is 0.530. The monoisotopic (exact) mass is 336 g/mol. The first kappa shape index (κ1) is 15.3. The lowest BCUT2D eigenvalue weighted by Crippen LogP contribution is -2.51. The lowest BCUT2D eigenvalue weighted by molar-refractivity contribution is 0.00773. The van der Waals surface area contributed by atoms with E-state index in [9.17, 15) is 13.6 Å². The molecule has 2 fully saturated rings. The van der Waals surface area contributed by atoms with E-state index in [-0.39, 0.29) is 12.1 Å². The number of ether oxygens (including phenoxy) is 1. The minimum Gasteiger partial charge on any atom is -0.377 e. The van der Waals surface area contributed by atoms with Crippen LogP contribution in [0.1, 0.15) is 19.4 Å². The van der Waals surface area contributed by atoms with Crippen LogP contribution in [0.3, 0.4) is 0 Å². The molecular formula is C16H18F2N4O2. The highest BCUT2D eigenvalue weighted by Crippen LogP contribution is 2.36. The molecule has 2 aromatic rings. The maximum atomic E-state index is 12.8. The van der Waals surface area contributed by atoms with Gasteiger partial charge in [-0.25, -0.2) is 9.48 Å². The van der Waals surface area contributed by atoms with Gasteiger partial charge >= 0.3 is 12.6 Å². The number of hydrogen-bond donors (Lipinski definition) is 1. The first-order valence-electron chi connectivity index (χ1n) is 8.04. The van der Waals surface area contributed by atoms with E-state index in [0.717, 1.165) is 12.8 Å². The Labute approximate surface area is 137 Å². The molecular weight excluding hydrogens is 318 g/mol. The molecule has 0 spiro atoms. The highest BCUT2D eigenvalue weighted by atomic mass is 19.3. The number of alkyl halides is 2. The van der Waals surface area contributed by atoms with E-state index in [4.69, 9.17) is 4.74 Å². The van der Waals surface area contributed by atoms with Crippen LogP contribution < -0.4 is 5.32 Å². The largest absolute Gasteiger partial charge is 0.377 e. The smallest absolute Gasteiger partial charge is 0.333 e. The van der Waals surface area contributed by atoms with E-state index in [1.165, 1.54) is 6.20 Å². The van der Waals surface area contributed by atoms with Crippen LogP contribution in [0, 0.1) is 5.92 Å². The van der Waals surface area contributed by atoms with Gasteiger partial charge in [0.05, 0.1) is 31.0 Å². The molecule has 0 bridgehead atoms. The van der Waals surface area contributed by atoms with Crippen molar-refractivity contribution in [3.8, 4) is 0 Å². The third-order valence-electron chi connectivity index (χ3n) is 4.62. The summed E-state index contributed by atoms with van der Waals surface area (Å²) in [7, 11) is 0. The molecule has 2 heterocycles. The summed E-state index contributed by atoms with van der Waals surface area (Å²) in [5, 5.41) is 7.10. The van der Waals surface area contributed by atoms with Crippen molar-refractivity contribution in [2.45, 2.75) is 25.4 Å². The number of carbonyl (C=O) groups is 1. The Hall–Kier alpha value is -2.22. The van der Waals surface area contributed by atoms with Crippen molar-refractivity contribution >= 4 is 22.6 Å². The molecule has 6 nitrogen and oxygen atoms in total. The van der Waals surface area contributed by atoms with Gasteiger partial charge in [0.1, 0.15) is 0 Å². The first-order valence-corrected chi connectivity index (χ1v) is 8.04. The van der Waals surface area contributed by atoms with Crippen LogP contribution in [-0.2, 0) is 4.74 Å². The average molecular weight is 336 g/mol. The van der Waals surface area contributed by atoms with Crippen LogP contribution in [0.15, 0.2) is 24.4 Å². The molecule has 4 rings (SSSR count). The quantitative estimate of drug-likeness (QED) is 0.937. The van der Waals surface area contributed by atoms with Gasteiger partial charge in [0, 0.05) is 17.6 Å². The van der Waals surface area contributed by atoms with Gasteiger partial charge in [-0.05, 0) is 37.0 Å². The van der Waals surface area contributed by atoms with Gasteiger partial charge in [0.2, 0.25) is 0 Å². The number of amides is 2. The van der Waals surface area contributed by atoms with Crippen LogP contribution in [0.2, 0.25) is 0 Å². The predicted molar refractivity (Wildman–Crippen MR) is 84.0 cm³/mol. The number of fused-ring (bicyclic) bond motifs is 1. The molecule has 1 aromatic carbocycles. The Morgan fingerprint density at radius 3 is 2.96 bits per heavy atom. The summed E-state index contributed by atoms with van der Waals surface area (Å²) in [6.45, 7) is -0.996. The van der Waals surface area contributed by atoms with E-state index >= 15 is 0 Å². The molecule has 1 N–H and O–H groups in total. The van der Waals surface area contributed by atoms with E-state index in [0.29, 0.717) is 46.9 Å². The Bertz CT molecular complexity index is 760. The normalized spacial score (nSPS) is 21.5. The van der Waals surface area contributed by atoms with Gasteiger partial charge in [-0.1, -0.05) is 0 Å². The number of hydrogen-bond acceptors (Lipinski definition) is 3. The summed E-state index contributed by atoms with van der Waals surface area (Å²) >= 11 is 0. The number of halogens is 2. The number of morpholine rings is 1. The molecule has 128 valence electrons. The fraction of sp³-hybridized carbons (Fsp3) is 0.500. The third-order valence-corrected chi connectivity index (χ3v) is 4.62. The van der Waals surface area contributed by atoms with Crippen LogP contribution in [0.25, 0.3) is 10.9 Å².